The van der Waals surface area contributed by atoms with Gasteiger partial charge in [0.2, 0.25) is 0 Å². The third-order valence-corrected chi connectivity index (χ3v) is 6.40. The molecule has 0 amide bonds. The van der Waals surface area contributed by atoms with Gasteiger partial charge in [-0.1, -0.05) is 19.9 Å². The number of piperidine rings is 1. The Morgan fingerprint density at radius 1 is 1.21 bits per heavy atom. The molecule has 3 aromatic heterocycles. The lowest BCUT2D eigenvalue weighted by molar-refractivity contribution is 0.378. The predicted molar refractivity (Wildman–Crippen MR) is 111 cm³/mol. The zero-order valence-electron chi connectivity index (χ0n) is 16.7. The molecule has 6 nitrogen and oxygen atoms in total. The van der Waals surface area contributed by atoms with Crippen molar-refractivity contribution >= 4 is 11.5 Å². The summed E-state index contributed by atoms with van der Waals surface area (Å²) in [6.07, 6.45) is 10.7. The molecule has 6 heteroatoms. The molecule has 2 N–H and O–H groups in total. The molecule has 3 aromatic rings. The highest BCUT2D eigenvalue weighted by Gasteiger charge is 2.44. The van der Waals surface area contributed by atoms with Crippen LogP contribution in [0.2, 0.25) is 0 Å². The maximum Gasteiger partial charge on any atom is 0.155 e. The first-order chi connectivity index (χ1) is 13.7. The molecule has 1 saturated carbocycles. The van der Waals surface area contributed by atoms with Gasteiger partial charge < -0.3 is 10.6 Å². The number of imidazole rings is 1. The minimum absolute atomic E-state index is 0.275. The van der Waals surface area contributed by atoms with Gasteiger partial charge in [0.1, 0.15) is 5.82 Å². The Morgan fingerprint density at radius 3 is 2.89 bits per heavy atom. The van der Waals surface area contributed by atoms with Gasteiger partial charge in [0, 0.05) is 24.2 Å². The maximum atomic E-state index is 4.89. The van der Waals surface area contributed by atoms with Gasteiger partial charge in [-0.05, 0) is 50.3 Å². The molecule has 2 fully saturated rings. The van der Waals surface area contributed by atoms with E-state index in [2.05, 4.69) is 58.3 Å². The molecule has 0 spiro atoms. The van der Waals surface area contributed by atoms with Gasteiger partial charge in [-0.2, -0.15) is 0 Å². The van der Waals surface area contributed by atoms with E-state index >= 15 is 0 Å². The largest absolute Gasteiger partial charge is 0.366 e. The van der Waals surface area contributed by atoms with Crippen molar-refractivity contribution in [2.45, 2.75) is 51.0 Å². The van der Waals surface area contributed by atoms with Gasteiger partial charge >= 0.3 is 0 Å². The number of rotatable bonds is 5. The molecule has 0 unspecified atom stereocenters. The van der Waals surface area contributed by atoms with E-state index in [4.69, 9.17) is 9.97 Å². The number of hydrogen-bond acceptors (Lipinski definition) is 5. The van der Waals surface area contributed by atoms with Crippen LogP contribution in [0, 0.1) is 5.92 Å². The summed E-state index contributed by atoms with van der Waals surface area (Å²) in [6.45, 7) is 6.63. The fraction of sp³-hybridized carbons (Fsp3) is 0.500. The van der Waals surface area contributed by atoms with Gasteiger partial charge in [0.05, 0.1) is 29.5 Å². The highest BCUT2D eigenvalue weighted by Crippen LogP contribution is 2.50. The molecule has 0 aromatic carbocycles. The fourth-order valence-electron chi connectivity index (χ4n) is 4.43. The third kappa shape index (κ3) is 3.15. The van der Waals surface area contributed by atoms with Crippen LogP contribution in [-0.2, 0) is 5.41 Å². The molecule has 1 aliphatic heterocycles. The second kappa shape index (κ2) is 6.85. The quantitative estimate of drug-likeness (QED) is 0.712. The summed E-state index contributed by atoms with van der Waals surface area (Å²) in [5, 5.41) is 7.09. The van der Waals surface area contributed by atoms with Crippen molar-refractivity contribution in [3.05, 3.63) is 42.5 Å². The maximum absolute atomic E-state index is 4.89. The summed E-state index contributed by atoms with van der Waals surface area (Å²) in [5.41, 5.74) is 4.28. The molecule has 2 aliphatic rings. The Bertz CT molecular complexity index is 990. The van der Waals surface area contributed by atoms with Gasteiger partial charge in [-0.3, -0.25) is 9.38 Å². The lowest BCUT2D eigenvalue weighted by Gasteiger charge is -2.28. The molecular weight excluding hydrogens is 348 g/mol. The molecule has 1 aliphatic carbocycles. The summed E-state index contributed by atoms with van der Waals surface area (Å²) in [7, 11) is 0. The topological polar surface area (TPSA) is 67.1 Å². The van der Waals surface area contributed by atoms with E-state index in [9.17, 15) is 0 Å². The van der Waals surface area contributed by atoms with Crippen LogP contribution >= 0.6 is 0 Å². The Labute approximate surface area is 165 Å². The van der Waals surface area contributed by atoms with Gasteiger partial charge in [0.15, 0.2) is 5.65 Å². The lowest BCUT2D eigenvalue weighted by Crippen LogP contribution is -2.42. The van der Waals surface area contributed by atoms with E-state index in [-0.39, 0.29) is 5.41 Å². The molecule has 2 atom stereocenters. The summed E-state index contributed by atoms with van der Waals surface area (Å²) in [5.74, 6) is 1.61. The monoisotopic (exact) mass is 376 g/mol. The molecule has 1 saturated heterocycles. The van der Waals surface area contributed by atoms with Crippen molar-refractivity contribution in [3.63, 3.8) is 0 Å². The summed E-state index contributed by atoms with van der Waals surface area (Å²) in [6, 6.07) is 6.60. The van der Waals surface area contributed by atoms with Crippen molar-refractivity contribution < 1.29 is 0 Å². The van der Waals surface area contributed by atoms with Crippen molar-refractivity contribution in [2.75, 3.05) is 18.4 Å². The van der Waals surface area contributed by atoms with Crippen molar-refractivity contribution in [3.8, 4) is 11.4 Å². The van der Waals surface area contributed by atoms with E-state index in [1.54, 1.807) is 0 Å². The average Bonchev–Trinajstić information content (AvgIpc) is 3.40. The molecule has 4 heterocycles. The smallest absolute Gasteiger partial charge is 0.155 e. The highest BCUT2D eigenvalue weighted by molar-refractivity contribution is 5.61. The van der Waals surface area contributed by atoms with Crippen molar-refractivity contribution in [1.82, 2.24) is 24.7 Å². The Hall–Kier alpha value is -2.47. The summed E-state index contributed by atoms with van der Waals surface area (Å²) in [4.78, 5) is 14.1. The van der Waals surface area contributed by atoms with Crippen molar-refractivity contribution in [1.29, 1.82) is 0 Å². The van der Waals surface area contributed by atoms with E-state index in [1.807, 2.05) is 12.4 Å². The molecule has 5 rings (SSSR count). The Kier molecular flexibility index (Phi) is 4.31. The van der Waals surface area contributed by atoms with Crippen LogP contribution < -0.4 is 10.6 Å². The number of fused-ring (bicyclic) bond motifs is 1. The molecule has 146 valence electrons. The van der Waals surface area contributed by atoms with Crippen LogP contribution in [0.15, 0.2) is 36.8 Å². The number of pyridine rings is 1. The van der Waals surface area contributed by atoms with Gasteiger partial charge in [0.25, 0.3) is 0 Å². The molecule has 28 heavy (non-hydrogen) atoms. The minimum atomic E-state index is 0.275. The number of nitrogens with zero attached hydrogens (tertiary/aromatic N) is 4. The first-order valence-corrected chi connectivity index (χ1v) is 10.5. The first-order valence-electron chi connectivity index (χ1n) is 10.5. The molecule has 0 radical (unpaired) electrons. The zero-order valence-corrected chi connectivity index (χ0v) is 16.7. The average molecular weight is 377 g/mol. The van der Waals surface area contributed by atoms with E-state index in [0.717, 1.165) is 42.4 Å². The van der Waals surface area contributed by atoms with Gasteiger partial charge in [-0.15, -0.1) is 0 Å². The minimum Gasteiger partial charge on any atom is -0.366 e. The highest BCUT2D eigenvalue weighted by atomic mass is 15.1. The predicted octanol–water partition coefficient (Wildman–Crippen LogP) is 3.64. The van der Waals surface area contributed by atoms with Crippen molar-refractivity contribution in [2.24, 2.45) is 5.92 Å². The summed E-state index contributed by atoms with van der Waals surface area (Å²) >= 11 is 0. The normalized spacial score (nSPS) is 23.6. The van der Waals surface area contributed by atoms with E-state index in [0.29, 0.717) is 12.0 Å². The lowest BCUT2D eigenvalue weighted by atomic mass is 9.98. The second-order valence-corrected chi connectivity index (χ2v) is 8.53. The number of aromatic nitrogens is 4. The molecule has 0 bridgehead atoms. The van der Waals surface area contributed by atoms with Gasteiger partial charge in [-0.25, -0.2) is 9.97 Å². The van der Waals surface area contributed by atoms with Crippen LogP contribution in [0.5, 0.6) is 0 Å². The van der Waals surface area contributed by atoms with Crippen LogP contribution in [0.3, 0.4) is 0 Å². The van der Waals surface area contributed by atoms with E-state index < -0.39 is 0 Å². The first kappa shape index (κ1) is 17.6. The third-order valence-electron chi connectivity index (χ3n) is 6.40. The zero-order chi connectivity index (χ0) is 19.1. The standard InChI is InChI=1S/C22H28N6/c1-3-22(7-8-22)19-14-28-18(12-25-21(28)13-24-19)17-5-4-6-20(27-17)26-16-9-15(2)10-23-11-16/h4-6,12-16,23H,3,7-11H2,1-2H3,(H,26,27)/t15-,16+/m0/s1. The van der Waals surface area contributed by atoms with Crippen LogP contribution in [0.1, 0.15) is 45.2 Å². The SMILES string of the molecule is CCC1(c2cn3c(-c4cccc(N[C@H]5CNC[C@@H](C)C5)n4)cnc3cn2)CC1. The molecular formula is C22H28N6. The Balaban J connectivity index is 1.46. The Morgan fingerprint density at radius 2 is 2.11 bits per heavy atom. The van der Waals surface area contributed by atoms with E-state index in [1.165, 1.54) is 25.0 Å². The number of nitrogens with one attached hydrogen (secondary N) is 2. The van der Waals surface area contributed by atoms with Crippen LogP contribution in [-0.4, -0.2) is 38.5 Å². The number of anilines is 1. The van der Waals surface area contributed by atoms with Crippen LogP contribution in [0.4, 0.5) is 5.82 Å². The van der Waals surface area contributed by atoms with Crippen LogP contribution in [0.25, 0.3) is 17.0 Å². The second-order valence-electron chi connectivity index (χ2n) is 8.53. The summed E-state index contributed by atoms with van der Waals surface area (Å²) < 4.78 is 2.15. The number of hydrogen-bond donors (Lipinski definition) is 2. The fourth-order valence-corrected chi connectivity index (χ4v) is 4.43.